The maximum absolute atomic E-state index is 12.9. The minimum Gasteiger partial charge on any atom is -0.328 e. The van der Waals surface area contributed by atoms with Gasteiger partial charge in [0, 0.05) is 11.4 Å². The van der Waals surface area contributed by atoms with E-state index in [2.05, 4.69) is 33.5 Å². The van der Waals surface area contributed by atoms with E-state index >= 15 is 0 Å². The molecule has 0 saturated carbocycles. The third kappa shape index (κ3) is 2.52. The third-order valence-corrected chi connectivity index (χ3v) is 5.35. The molecule has 1 atom stereocenters. The molecule has 8 heteroatoms. The van der Waals surface area contributed by atoms with Crippen LogP contribution in [0.3, 0.4) is 0 Å². The molecule has 4 rings (SSSR count). The predicted octanol–water partition coefficient (Wildman–Crippen LogP) is 3.12. The highest BCUT2D eigenvalue weighted by atomic mass is 32.1. The van der Waals surface area contributed by atoms with Crippen LogP contribution in [0, 0.1) is 13.8 Å². The lowest BCUT2D eigenvalue weighted by Gasteiger charge is -2.22. The molecule has 3 aromatic heterocycles. The van der Waals surface area contributed by atoms with E-state index in [-0.39, 0.29) is 11.9 Å². The lowest BCUT2D eigenvalue weighted by molar-refractivity contribution is 0.0724. The number of amides is 1. The molecule has 1 N–H and O–H groups in total. The Kier molecular flexibility index (Phi) is 3.68. The highest BCUT2D eigenvalue weighted by Gasteiger charge is 2.35. The number of aryl methyl sites for hydroxylation is 2. The summed E-state index contributed by atoms with van der Waals surface area (Å²) in [4.78, 5) is 17.0. The van der Waals surface area contributed by atoms with Crippen molar-refractivity contribution in [2.45, 2.75) is 32.7 Å². The summed E-state index contributed by atoms with van der Waals surface area (Å²) in [5.74, 6) is -0.0873. The van der Waals surface area contributed by atoms with E-state index in [4.69, 9.17) is 4.63 Å². The molecule has 1 saturated heterocycles. The predicted molar refractivity (Wildman–Crippen MR) is 88.7 cm³/mol. The molecular weight excluding hydrogens is 326 g/mol. The molecule has 0 aliphatic carbocycles. The second kappa shape index (κ2) is 5.86. The maximum Gasteiger partial charge on any atom is 0.274 e. The van der Waals surface area contributed by atoms with Crippen molar-refractivity contribution in [3.63, 3.8) is 0 Å². The van der Waals surface area contributed by atoms with E-state index < -0.39 is 0 Å². The number of hydrogen-bond donors (Lipinski definition) is 1. The number of nitrogens with zero attached hydrogens (tertiary/aromatic N) is 4. The largest absolute Gasteiger partial charge is 0.328 e. The van der Waals surface area contributed by atoms with Gasteiger partial charge in [-0.1, -0.05) is 10.3 Å². The number of carbonyl (C=O) groups excluding carboxylic acids is 1. The Hall–Kier alpha value is -2.48. The van der Waals surface area contributed by atoms with Gasteiger partial charge in [-0.15, -0.1) is 11.3 Å². The quantitative estimate of drug-likeness (QED) is 0.789. The molecule has 24 heavy (non-hydrogen) atoms. The van der Waals surface area contributed by atoms with Crippen LogP contribution in [0.25, 0.3) is 10.6 Å². The van der Waals surface area contributed by atoms with Crippen molar-refractivity contribution < 1.29 is 9.42 Å². The smallest absolute Gasteiger partial charge is 0.274 e. The van der Waals surface area contributed by atoms with Crippen LogP contribution >= 0.6 is 11.3 Å². The zero-order chi connectivity index (χ0) is 16.7. The Labute approximate surface area is 142 Å². The molecule has 3 aromatic rings. The Morgan fingerprint density at radius 3 is 2.96 bits per heavy atom. The molecule has 1 amide bonds. The number of nitrogens with one attached hydrogen (secondary N) is 1. The summed E-state index contributed by atoms with van der Waals surface area (Å²) in [6, 6.07) is 5.81. The number of carbonyl (C=O) groups is 1. The van der Waals surface area contributed by atoms with Crippen molar-refractivity contribution >= 4 is 17.2 Å². The van der Waals surface area contributed by atoms with Crippen molar-refractivity contribution in [2.75, 3.05) is 6.54 Å². The number of H-pyrrole nitrogens is 1. The van der Waals surface area contributed by atoms with Crippen molar-refractivity contribution in [3.8, 4) is 10.6 Å². The molecule has 4 heterocycles. The summed E-state index contributed by atoms with van der Waals surface area (Å²) in [5, 5.41) is 15.0. The molecule has 7 nitrogen and oxygen atoms in total. The Morgan fingerprint density at radius 1 is 1.38 bits per heavy atom. The van der Waals surface area contributed by atoms with Gasteiger partial charge in [-0.3, -0.25) is 9.89 Å². The number of hydrogen-bond acceptors (Lipinski definition) is 6. The van der Waals surface area contributed by atoms with Crippen LogP contribution in [0.15, 0.2) is 22.8 Å². The highest BCUT2D eigenvalue weighted by molar-refractivity contribution is 7.15. The summed E-state index contributed by atoms with van der Waals surface area (Å²) >= 11 is 1.67. The standard InChI is InChI=1S/C16H17N5O2S/c1-9-5-6-14(24-9)11-8-12(18-17-11)16(22)21-7-3-4-13(21)15-10(2)19-23-20-15/h5-6,8,13H,3-4,7H2,1-2H3,(H,17,18)/t13-/m0/s1. The van der Waals surface area contributed by atoms with Crippen molar-refractivity contribution in [1.29, 1.82) is 0 Å². The zero-order valence-corrected chi connectivity index (χ0v) is 14.3. The van der Waals surface area contributed by atoms with E-state index in [1.54, 1.807) is 11.3 Å². The summed E-state index contributed by atoms with van der Waals surface area (Å²) in [6.07, 6.45) is 1.80. The molecule has 0 radical (unpaired) electrons. The van der Waals surface area contributed by atoms with E-state index in [0.29, 0.717) is 12.2 Å². The average Bonchev–Trinajstić information content (AvgIpc) is 3.33. The zero-order valence-electron chi connectivity index (χ0n) is 13.4. The molecule has 124 valence electrons. The minimum absolute atomic E-state index is 0.0873. The summed E-state index contributed by atoms with van der Waals surface area (Å²) in [5.41, 5.74) is 2.77. The van der Waals surface area contributed by atoms with Gasteiger partial charge in [0.05, 0.1) is 16.6 Å². The van der Waals surface area contributed by atoms with Gasteiger partial charge in [-0.2, -0.15) is 5.10 Å². The molecular formula is C16H17N5O2S. The van der Waals surface area contributed by atoms with E-state index in [1.165, 1.54) is 4.88 Å². The van der Waals surface area contributed by atoms with Gasteiger partial charge in [-0.05, 0) is 44.9 Å². The van der Waals surface area contributed by atoms with Crippen LogP contribution in [0.1, 0.15) is 45.6 Å². The SMILES string of the molecule is Cc1ccc(-c2cc(C(=O)N3CCC[C@H]3c3nonc3C)n[nH]2)s1. The van der Waals surface area contributed by atoms with Gasteiger partial charge in [0.15, 0.2) is 5.69 Å². The second-order valence-corrected chi connectivity index (χ2v) is 7.26. The monoisotopic (exact) mass is 343 g/mol. The van der Waals surface area contributed by atoms with Crippen LogP contribution in [-0.2, 0) is 0 Å². The minimum atomic E-state index is -0.0899. The van der Waals surface area contributed by atoms with Crippen LogP contribution < -0.4 is 0 Å². The third-order valence-electron chi connectivity index (χ3n) is 4.32. The topological polar surface area (TPSA) is 87.9 Å². The Bertz CT molecular complexity index is 881. The van der Waals surface area contributed by atoms with Gasteiger partial charge >= 0.3 is 0 Å². The number of aromatic amines is 1. The fourth-order valence-electron chi connectivity index (χ4n) is 3.12. The summed E-state index contributed by atoms with van der Waals surface area (Å²) in [6.45, 7) is 4.59. The second-order valence-electron chi connectivity index (χ2n) is 5.97. The number of likely N-dealkylation sites (tertiary alicyclic amines) is 1. The number of rotatable bonds is 3. The molecule has 0 unspecified atom stereocenters. The van der Waals surface area contributed by atoms with Crippen LogP contribution in [0.2, 0.25) is 0 Å². The first-order valence-corrected chi connectivity index (χ1v) is 8.67. The van der Waals surface area contributed by atoms with Crippen molar-refractivity contribution in [3.05, 3.63) is 40.2 Å². The van der Waals surface area contributed by atoms with E-state index in [9.17, 15) is 4.79 Å². The molecule has 0 aromatic carbocycles. The first kappa shape index (κ1) is 15.1. The lowest BCUT2D eigenvalue weighted by Crippen LogP contribution is -2.31. The van der Waals surface area contributed by atoms with Gasteiger partial charge in [0.25, 0.3) is 5.91 Å². The number of thiophene rings is 1. The van der Waals surface area contributed by atoms with E-state index in [1.807, 2.05) is 24.0 Å². The Morgan fingerprint density at radius 2 is 2.25 bits per heavy atom. The van der Waals surface area contributed by atoms with Crippen molar-refractivity contribution in [2.24, 2.45) is 0 Å². The lowest BCUT2D eigenvalue weighted by atomic mass is 10.1. The molecule has 1 fully saturated rings. The first-order chi connectivity index (χ1) is 11.6. The van der Waals surface area contributed by atoms with Crippen LogP contribution in [0.4, 0.5) is 0 Å². The molecule has 0 bridgehead atoms. The molecule has 0 spiro atoms. The average molecular weight is 343 g/mol. The van der Waals surface area contributed by atoms with Crippen molar-refractivity contribution in [1.82, 2.24) is 25.4 Å². The normalized spacial score (nSPS) is 17.6. The van der Waals surface area contributed by atoms with Gasteiger partial charge in [0.1, 0.15) is 11.4 Å². The first-order valence-electron chi connectivity index (χ1n) is 7.85. The van der Waals surface area contributed by atoms with E-state index in [0.717, 1.165) is 34.8 Å². The maximum atomic E-state index is 12.9. The molecule has 1 aliphatic rings. The van der Waals surface area contributed by atoms with Gasteiger partial charge in [-0.25, -0.2) is 4.63 Å². The van der Waals surface area contributed by atoms with Crippen LogP contribution in [0.5, 0.6) is 0 Å². The Balaban J connectivity index is 1.59. The molecule has 1 aliphatic heterocycles. The summed E-state index contributed by atoms with van der Waals surface area (Å²) < 4.78 is 4.80. The van der Waals surface area contributed by atoms with Gasteiger partial charge < -0.3 is 4.90 Å². The van der Waals surface area contributed by atoms with Crippen LogP contribution in [-0.4, -0.2) is 37.9 Å². The highest BCUT2D eigenvalue weighted by Crippen LogP contribution is 2.34. The van der Waals surface area contributed by atoms with Gasteiger partial charge in [0.2, 0.25) is 0 Å². The number of aromatic nitrogens is 4. The fourth-order valence-corrected chi connectivity index (χ4v) is 3.95. The fraction of sp³-hybridized carbons (Fsp3) is 0.375. The summed E-state index contributed by atoms with van der Waals surface area (Å²) in [7, 11) is 0.